The molecule has 0 atom stereocenters. The summed E-state index contributed by atoms with van der Waals surface area (Å²) < 4.78 is 0. The molecule has 2 nitrogen and oxygen atoms in total. The average molecular weight is 232 g/mol. The molecule has 0 radical (unpaired) electrons. The zero-order chi connectivity index (χ0) is 11.9. The predicted molar refractivity (Wildman–Crippen MR) is 74.6 cm³/mol. The van der Waals surface area contributed by atoms with Gasteiger partial charge in [-0.05, 0) is 25.0 Å². The Hall–Kier alpha value is -1.02. The van der Waals surface area contributed by atoms with Crippen LogP contribution in [0.5, 0.6) is 0 Å². The van der Waals surface area contributed by atoms with E-state index in [9.17, 15) is 0 Å². The van der Waals surface area contributed by atoms with Crippen molar-refractivity contribution in [1.29, 1.82) is 0 Å². The highest BCUT2D eigenvalue weighted by atomic mass is 15.1. The number of likely N-dealkylation sites (N-methyl/N-ethyl adjacent to an activating group) is 1. The van der Waals surface area contributed by atoms with Crippen LogP contribution in [0.1, 0.15) is 32.1 Å². The first-order valence-electron chi connectivity index (χ1n) is 6.86. The maximum atomic E-state index is 3.68. The van der Waals surface area contributed by atoms with Crippen LogP contribution in [-0.2, 0) is 0 Å². The molecule has 0 aromatic heterocycles. The molecule has 0 amide bonds. The Morgan fingerprint density at radius 2 is 1.82 bits per heavy atom. The molecule has 1 aromatic carbocycles. The van der Waals surface area contributed by atoms with E-state index in [4.69, 9.17) is 0 Å². The van der Waals surface area contributed by atoms with Crippen molar-refractivity contribution in [1.82, 2.24) is 5.32 Å². The first kappa shape index (κ1) is 12.4. The summed E-state index contributed by atoms with van der Waals surface area (Å²) in [7, 11) is 2.16. The Balaban J connectivity index is 1.67. The summed E-state index contributed by atoms with van der Waals surface area (Å²) in [5, 5.41) is 3.68. The fourth-order valence-electron chi connectivity index (χ4n) is 2.55. The third-order valence-electron chi connectivity index (χ3n) is 3.68. The maximum Gasteiger partial charge on any atom is 0.0364 e. The van der Waals surface area contributed by atoms with Gasteiger partial charge in [0.1, 0.15) is 0 Å². The van der Waals surface area contributed by atoms with Gasteiger partial charge in [0.2, 0.25) is 0 Å². The van der Waals surface area contributed by atoms with Gasteiger partial charge in [-0.3, -0.25) is 0 Å². The van der Waals surface area contributed by atoms with Crippen molar-refractivity contribution in [3.8, 4) is 0 Å². The molecule has 0 heterocycles. The normalized spacial score (nSPS) is 17.0. The molecule has 1 aliphatic rings. The zero-order valence-corrected chi connectivity index (χ0v) is 10.9. The zero-order valence-electron chi connectivity index (χ0n) is 10.9. The molecule has 0 saturated heterocycles. The fraction of sp³-hybridized carbons (Fsp3) is 0.600. The largest absolute Gasteiger partial charge is 0.373 e. The van der Waals surface area contributed by atoms with E-state index in [1.165, 1.54) is 37.8 Å². The average Bonchev–Trinajstić information content (AvgIpc) is 2.41. The van der Waals surface area contributed by atoms with E-state index in [0.717, 1.165) is 19.1 Å². The molecule has 1 N–H and O–H groups in total. The van der Waals surface area contributed by atoms with Gasteiger partial charge in [-0.1, -0.05) is 37.5 Å². The van der Waals surface area contributed by atoms with Gasteiger partial charge in [-0.15, -0.1) is 0 Å². The monoisotopic (exact) mass is 232 g/mol. The highest BCUT2D eigenvalue weighted by Gasteiger charge is 2.12. The smallest absolute Gasteiger partial charge is 0.0364 e. The highest BCUT2D eigenvalue weighted by molar-refractivity contribution is 5.44. The standard InChI is InChI=1S/C15H24N2/c1-17(15-10-6-3-7-11-15)13-12-16-14-8-4-2-5-9-14/h3,6-7,10-11,14,16H,2,4-5,8-9,12-13H2,1H3. The molecule has 1 aliphatic carbocycles. The molecule has 1 saturated carbocycles. The van der Waals surface area contributed by atoms with Crippen molar-refractivity contribution >= 4 is 5.69 Å². The quantitative estimate of drug-likeness (QED) is 0.839. The van der Waals surface area contributed by atoms with Crippen LogP contribution < -0.4 is 10.2 Å². The van der Waals surface area contributed by atoms with Crippen molar-refractivity contribution in [2.45, 2.75) is 38.1 Å². The van der Waals surface area contributed by atoms with Crippen molar-refractivity contribution in [2.75, 3.05) is 25.0 Å². The van der Waals surface area contributed by atoms with E-state index < -0.39 is 0 Å². The molecule has 0 unspecified atom stereocenters. The van der Waals surface area contributed by atoms with Crippen molar-refractivity contribution < 1.29 is 0 Å². The number of rotatable bonds is 5. The molecule has 94 valence electrons. The maximum absolute atomic E-state index is 3.68. The number of anilines is 1. The van der Waals surface area contributed by atoms with Crippen LogP contribution in [0.25, 0.3) is 0 Å². The summed E-state index contributed by atoms with van der Waals surface area (Å²) in [6.07, 6.45) is 6.99. The predicted octanol–water partition coefficient (Wildman–Crippen LogP) is 3.05. The van der Waals surface area contributed by atoms with Crippen LogP contribution in [0.15, 0.2) is 30.3 Å². The molecule has 2 heteroatoms. The van der Waals surface area contributed by atoms with Crippen molar-refractivity contribution in [3.63, 3.8) is 0 Å². The Labute approximate surface area is 105 Å². The lowest BCUT2D eigenvalue weighted by molar-refractivity contribution is 0.376. The fourth-order valence-corrected chi connectivity index (χ4v) is 2.55. The van der Waals surface area contributed by atoms with Gasteiger partial charge in [0.05, 0.1) is 0 Å². The van der Waals surface area contributed by atoms with E-state index in [-0.39, 0.29) is 0 Å². The highest BCUT2D eigenvalue weighted by Crippen LogP contribution is 2.17. The number of benzene rings is 1. The van der Waals surface area contributed by atoms with E-state index >= 15 is 0 Å². The minimum absolute atomic E-state index is 0.771. The molecular weight excluding hydrogens is 208 g/mol. The minimum Gasteiger partial charge on any atom is -0.373 e. The second kappa shape index (κ2) is 6.65. The van der Waals surface area contributed by atoms with Crippen molar-refractivity contribution in [3.05, 3.63) is 30.3 Å². The third-order valence-corrected chi connectivity index (χ3v) is 3.68. The first-order valence-corrected chi connectivity index (χ1v) is 6.86. The van der Waals surface area contributed by atoms with Gasteiger partial charge in [-0.25, -0.2) is 0 Å². The lowest BCUT2D eigenvalue weighted by Crippen LogP contribution is -2.36. The minimum atomic E-state index is 0.771. The first-order chi connectivity index (χ1) is 8.36. The second-order valence-corrected chi connectivity index (χ2v) is 5.05. The van der Waals surface area contributed by atoms with Crippen LogP contribution in [0.2, 0.25) is 0 Å². The summed E-state index contributed by atoms with van der Waals surface area (Å²) in [6, 6.07) is 11.4. The number of nitrogens with zero attached hydrogens (tertiary/aromatic N) is 1. The summed E-state index contributed by atoms with van der Waals surface area (Å²) in [5.41, 5.74) is 1.30. The van der Waals surface area contributed by atoms with Gasteiger partial charge >= 0.3 is 0 Å². The summed E-state index contributed by atoms with van der Waals surface area (Å²) in [4.78, 5) is 2.32. The second-order valence-electron chi connectivity index (χ2n) is 5.05. The van der Waals surface area contributed by atoms with Crippen LogP contribution in [0.4, 0.5) is 5.69 Å². The molecule has 0 aliphatic heterocycles. The van der Waals surface area contributed by atoms with E-state index in [0.29, 0.717) is 0 Å². The topological polar surface area (TPSA) is 15.3 Å². The van der Waals surface area contributed by atoms with Crippen molar-refractivity contribution in [2.24, 2.45) is 0 Å². The molecule has 17 heavy (non-hydrogen) atoms. The Kier molecular flexibility index (Phi) is 4.87. The van der Waals surface area contributed by atoms with E-state index in [1.807, 2.05) is 0 Å². The Morgan fingerprint density at radius 3 is 2.53 bits per heavy atom. The molecule has 2 rings (SSSR count). The molecule has 0 spiro atoms. The van der Waals surface area contributed by atoms with Crippen LogP contribution in [-0.4, -0.2) is 26.2 Å². The molecule has 1 fully saturated rings. The number of hydrogen-bond acceptors (Lipinski definition) is 2. The summed E-state index contributed by atoms with van der Waals surface area (Å²) >= 11 is 0. The summed E-state index contributed by atoms with van der Waals surface area (Å²) in [6.45, 7) is 2.18. The van der Waals surface area contributed by atoms with Gasteiger partial charge in [0.25, 0.3) is 0 Å². The van der Waals surface area contributed by atoms with Gasteiger partial charge in [0, 0.05) is 31.9 Å². The Morgan fingerprint density at radius 1 is 1.12 bits per heavy atom. The van der Waals surface area contributed by atoms with E-state index in [2.05, 4.69) is 47.6 Å². The van der Waals surface area contributed by atoms with E-state index in [1.54, 1.807) is 0 Å². The summed E-state index contributed by atoms with van der Waals surface area (Å²) in [5.74, 6) is 0. The Bertz CT molecular complexity index is 304. The van der Waals surface area contributed by atoms with Crippen LogP contribution >= 0.6 is 0 Å². The van der Waals surface area contributed by atoms with Gasteiger partial charge < -0.3 is 10.2 Å². The van der Waals surface area contributed by atoms with Gasteiger partial charge in [-0.2, -0.15) is 0 Å². The third kappa shape index (κ3) is 4.04. The lowest BCUT2D eigenvalue weighted by atomic mass is 9.95. The van der Waals surface area contributed by atoms with Gasteiger partial charge in [0.15, 0.2) is 0 Å². The van der Waals surface area contributed by atoms with Crippen LogP contribution in [0, 0.1) is 0 Å². The molecule has 1 aromatic rings. The van der Waals surface area contributed by atoms with Crippen LogP contribution in [0.3, 0.4) is 0 Å². The number of hydrogen-bond donors (Lipinski definition) is 1. The number of para-hydroxylation sites is 1. The SMILES string of the molecule is CN(CCNC1CCCCC1)c1ccccc1. The lowest BCUT2D eigenvalue weighted by Gasteiger charge is -2.25. The molecule has 0 bridgehead atoms. The number of nitrogens with one attached hydrogen (secondary N) is 1. The molecular formula is C15H24N2.